The van der Waals surface area contributed by atoms with E-state index in [2.05, 4.69) is 43.5 Å². The Morgan fingerprint density at radius 3 is 1.19 bits per heavy atom. The van der Waals surface area contributed by atoms with Gasteiger partial charge in [-0.15, -0.1) is 0 Å². The second-order valence-electron chi connectivity index (χ2n) is 21.0. The van der Waals surface area contributed by atoms with Crippen molar-refractivity contribution in [2.24, 2.45) is 0 Å². The van der Waals surface area contributed by atoms with Crippen LogP contribution in [0, 0.1) is 0 Å². The number of hydrogen-bond acceptors (Lipinski definition) is 5. The van der Waals surface area contributed by atoms with E-state index in [4.69, 9.17) is 9.05 Å². The van der Waals surface area contributed by atoms with Gasteiger partial charge in [-0.1, -0.05) is 262 Å². The fourth-order valence-electron chi connectivity index (χ4n) is 8.55. The van der Waals surface area contributed by atoms with Crippen LogP contribution in [0.3, 0.4) is 0 Å². The number of hydrogen-bond donors (Lipinski definition) is 3. The molecule has 3 unspecified atom stereocenters. The Kier molecular flexibility index (Phi) is 48.7. The highest BCUT2D eigenvalue weighted by Crippen LogP contribution is 2.43. The predicted octanol–water partition coefficient (Wildman–Crippen LogP) is 17.4. The van der Waals surface area contributed by atoms with Crippen molar-refractivity contribution in [3.63, 3.8) is 0 Å². The van der Waals surface area contributed by atoms with E-state index in [1.165, 1.54) is 212 Å². The van der Waals surface area contributed by atoms with E-state index in [1.807, 2.05) is 27.2 Å². The molecule has 0 bridgehead atoms. The lowest BCUT2D eigenvalue weighted by Crippen LogP contribution is -2.45. The van der Waals surface area contributed by atoms with E-state index in [0.29, 0.717) is 17.4 Å². The molecule has 0 aliphatic rings. The first-order chi connectivity index (χ1) is 32.5. The number of quaternary nitrogens is 1. The van der Waals surface area contributed by atoms with Crippen molar-refractivity contribution >= 4 is 13.7 Å². The minimum atomic E-state index is -4.36. The summed E-state index contributed by atoms with van der Waals surface area (Å²) in [5, 5.41) is 13.9. The van der Waals surface area contributed by atoms with Crippen molar-refractivity contribution in [1.82, 2.24) is 5.32 Å². The maximum absolute atomic E-state index is 13.0. The highest BCUT2D eigenvalue weighted by Gasteiger charge is 2.27. The Morgan fingerprint density at radius 1 is 0.493 bits per heavy atom. The van der Waals surface area contributed by atoms with Crippen LogP contribution in [-0.4, -0.2) is 73.4 Å². The number of carbonyl (C=O) groups excluding carboxylic acids is 1. The van der Waals surface area contributed by atoms with E-state index < -0.39 is 20.0 Å². The van der Waals surface area contributed by atoms with Crippen molar-refractivity contribution in [2.75, 3.05) is 40.9 Å². The third kappa shape index (κ3) is 52.4. The van der Waals surface area contributed by atoms with Crippen LogP contribution in [0.2, 0.25) is 0 Å². The largest absolute Gasteiger partial charge is 0.472 e. The molecule has 0 aromatic carbocycles. The number of aliphatic hydroxyl groups is 1. The molecule has 3 atom stereocenters. The van der Waals surface area contributed by atoms with Crippen molar-refractivity contribution in [3.8, 4) is 0 Å². The van der Waals surface area contributed by atoms with Crippen LogP contribution in [0.15, 0.2) is 36.5 Å². The van der Waals surface area contributed by atoms with Crippen molar-refractivity contribution in [2.45, 2.75) is 289 Å². The molecular weight excluding hydrogens is 852 g/mol. The molecule has 0 saturated carbocycles. The number of carbonyl (C=O) groups is 1. The first kappa shape index (κ1) is 65.7. The van der Waals surface area contributed by atoms with Crippen molar-refractivity contribution < 1.29 is 32.9 Å². The van der Waals surface area contributed by atoms with Gasteiger partial charge in [-0.3, -0.25) is 13.8 Å². The molecule has 1 amide bonds. The zero-order chi connectivity index (χ0) is 49.2. The summed E-state index contributed by atoms with van der Waals surface area (Å²) in [6, 6.07) is -0.867. The SMILES string of the molecule is CCCCCCCCCCC/C=C/CC/C=C/CC/C=C/C(O)C(COP(=O)(O)OCC[N+](C)(C)C)NC(=O)CCCCCCCCCCCCCCCCCCCCCCCCCCCC. The number of nitrogens with one attached hydrogen (secondary N) is 1. The highest BCUT2D eigenvalue weighted by molar-refractivity contribution is 7.47. The first-order valence-corrected chi connectivity index (χ1v) is 30.4. The smallest absolute Gasteiger partial charge is 0.387 e. The number of phosphoric acid groups is 1. The van der Waals surface area contributed by atoms with Crippen LogP contribution in [0.1, 0.15) is 277 Å². The Balaban J connectivity index is 4.21. The van der Waals surface area contributed by atoms with Gasteiger partial charge >= 0.3 is 7.82 Å². The van der Waals surface area contributed by atoms with E-state index >= 15 is 0 Å². The molecule has 0 aromatic rings. The summed E-state index contributed by atoms with van der Waals surface area (Å²) in [6.07, 6.45) is 64.0. The summed E-state index contributed by atoms with van der Waals surface area (Å²) in [6.45, 7) is 4.82. The lowest BCUT2D eigenvalue weighted by atomic mass is 10.0. The standard InChI is InChI=1S/C58H113N2O6P/c1-6-8-10-12-14-16-18-20-22-24-26-27-28-29-30-31-32-34-36-38-40-42-44-46-48-50-52-58(62)59-56(55-66-67(63,64)65-54-53-60(3,4)5)57(61)51-49-47-45-43-41-39-37-35-33-25-23-21-19-17-15-13-11-9-7-2/h33,35,41,43,49,51,56-57,61H,6-32,34,36-40,42,44-48,50,52-55H2,1-5H3,(H-,59,62,63,64)/p+1/b35-33+,43-41+,51-49+. The molecule has 9 heteroatoms. The number of rotatable bonds is 53. The van der Waals surface area contributed by atoms with Gasteiger partial charge in [-0.05, 0) is 44.9 Å². The van der Waals surface area contributed by atoms with Crippen LogP contribution in [0.5, 0.6) is 0 Å². The first-order valence-electron chi connectivity index (χ1n) is 28.9. The summed E-state index contributed by atoms with van der Waals surface area (Å²) >= 11 is 0. The van der Waals surface area contributed by atoms with Gasteiger partial charge in [0.05, 0.1) is 39.9 Å². The number of aliphatic hydroxyl groups excluding tert-OH is 1. The van der Waals surface area contributed by atoms with Gasteiger partial charge in [0, 0.05) is 6.42 Å². The lowest BCUT2D eigenvalue weighted by molar-refractivity contribution is -0.870. The van der Waals surface area contributed by atoms with Crippen molar-refractivity contribution in [1.29, 1.82) is 0 Å². The summed E-state index contributed by atoms with van der Waals surface area (Å²) < 4.78 is 23.7. The monoisotopic (exact) mass is 966 g/mol. The Morgan fingerprint density at radius 2 is 0.821 bits per heavy atom. The lowest BCUT2D eigenvalue weighted by Gasteiger charge is -2.25. The molecule has 0 spiro atoms. The topological polar surface area (TPSA) is 105 Å². The molecule has 396 valence electrons. The van der Waals surface area contributed by atoms with Crippen LogP contribution in [0.25, 0.3) is 0 Å². The molecule has 0 radical (unpaired) electrons. The quantitative estimate of drug-likeness (QED) is 0.0243. The van der Waals surface area contributed by atoms with Gasteiger partial charge in [0.15, 0.2) is 0 Å². The maximum Gasteiger partial charge on any atom is 0.472 e. The molecule has 67 heavy (non-hydrogen) atoms. The Hall–Kier alpha value is -1.28. The fraction of sp³-hybridized carbons (Fsp3) is 0.879. The molecule has 0 heterocycles. The van der Waals surface area contributed by atoms with E-state index in [9.17, 15) is 19.4 Å². The van der Waals surface area contributed by atoms with Crippen LogP contribution >= 0.6 is 7.82 Å². The van der Waals surface area contributed by atoms with Gasteiger partial charge in [-0.2, -0.15) is 0 Å². The molecule has 8 nitrogen and oxygen atoms in total. The second kappa shape index (κ2) is 49.7. The highest BCUT2D eigenvalue weighted by atomic mass is 31.2. The number of unbranched alkanes of at least 4 members (excludes halogenated alkanes) is 36. The number of phosphoric ester groups is 1. The molecule has 3 N–H and O–H groups in total. The van der Waals surface area contributed by atoms with Gasteiger partial charge in [0.2, 0.25) is 5.91 Å². The third-order valence-electron chi connectivity index (χ3n) is 13.1. The molecule has 0 aliphatic carbocycles. The summed E-state index contributed by atoms with van der Waals surface area (Å²) in [7, 11) is 1.56. The third-order valence-corrected chi connectivity index (χ3v) is 14.1. The minimum Gasteiger partial charge on any atom is -0.387 e. The number of likely N-dealkylation sites (N-methyl/N-ethyl adjacent to an activating group) is 1. The molecular formula is C58H114N2O6P+. The molecule has 0 aromatic heterocycles. The van der Waals surface area contributed by atoms with Gasteiger partial charge < -0.3 is 19.8 Å². The summed E-state index contributed by atoms with van der Waals surface area (Å²) in [5.74, 6) is -0.186. The van der Waals surface area contributed by atoms with E-state index in [1.54, 1.807) is 6.08 Å². The molecule has 0 fully saturated rings. The molecule has 0 saturated heterocycles. The Labute approximate surface area is 417 Å². The molecule has 0 aliphatic heterocycles. The minimum absolute atomic E-state index is 0.0551. The normalized spacial score (nSPS) is 14.2. The van der Waals surface area contributed by atoms with Crippen LogP contribution in [0.4, 0.5) is 0 Å². The Bertz CT molecular complexity index is 1190. The zero-order valence-electron chi connectivity index (χ0n) is 45.2. The van der Waals surface area contributed by atoms with Gasteiger partial charge in [-0.25, -0.2) is 4.57 Å². The zero-order valence-corrected chi connectivity index (χ0v) is 46.0. The molecule has 0 rings (SSSR count). The maximum atomic E-state index is 13.0. The average molecular weight is 967 g/mol. The number of nitrogens with zero attached hydrogens (tertiary/aromatic N) is 1. The van der Waals surface area contributed by atoms with Crippen molar-refractivity contribution in [3.05, 3.63) is 36.5 Å². The van der Waals surface area contributed by atoms with E-state index in [0.717, 1.165) is 44.9 Å². The second-order valence-corrected chi connectivity index (χ2v) is 22.5. The van der Waals surface area contributed by atoms with E-state index in [-0.39, 0.29) is 19.1 Å². The van der Waals surface area contributed by atoms with Crippen LogP contribution < -0.4 is 5.32 Å². The number of allylic oxidation sites excluding steroid dienone is 5. The predicted molar refractivity (Wildman–Crippen MR) is 291 cm³/mol. The number of amides is 1. The average Bonchev–Trinajstić information content (AvgIpc) is 3.29. The van der Waals surface area contributed by atoms with Crippen LogP contribution in [-0.2, 0) is 18.4 Å². The summed E-state index contributed by atoms with van der Waals surface area (Å²) in [4.78, 5) is 23.3. The summed E-state index contributed by atoms with van der Waals surface area (Å²) in [5.41, 5.74) is 0. The van der Waals surface area contributed by atoms with Gasteiger partial charge in [0.1, 0.15) is 13.2 Å². The van der Waals surface area contributed by atoms with Gasteiger partial charge in [0.25, 0.3) is 0 Å². The fourth-order valence-corrected chi connectivity index (χ4v) is 9.28.